The average Bonchev–Trinajstić information content (AvgIpc) is 3.18. The van der Waals surface area contributed by atoms with Crippen molar-refractivity contribution in [1.82, 2.24) is 9.21 Å². The number of anilines is 1. The minimum Gasteiger partial charge on any atom is -0.312 e. The van der Waals surface area contributed by atoms with Crippen molar-refractivity contribution in [2.45, 2.75) is 22.8 Å². The summed E-state index contributed by atoms with van der Waals surface area (Å²) in [7, 11) is -5.33. The smallest absolute Gasteiger partial charge is 0.250 e. The van der Waals surface area contributed by atoms with E-state index in [2.05, 4.69) is 17.0 Å². The van der Waals surface area contributed by atoms with E-state index in [9.17, 15) is 21.6 Å². The fourth-order valence-electron chi connectivity index (χ4n) is 4.41. The number of amides is 1. The largest absolute Gasteiger partial charge is 0.312 e. The van der Waals surface area contributed by atoms with Crippen LogP contribution in [0, 0.1) is 0 Å². The molecular weight excluding hydrogens is 534 g/mol. The third-order valence-electron chi connectivity index (χ3n) is 6.72. The number of sulfonamides is 1. The number of carbonyl (C=O) groups is 1. The molecule has 0 spiro atoms. The zero-order chi connectivity index (χ0) is 28.0. The van der Waals surface area contributed by atoms with Crippen LogP contribution in [-0.4, -0.2) is 71.4 Å². The number of sulfone groups is 1. The Kier molecular flexibility index (Phi) is 9.01. The average molecular weight is 568 g/mol. The first-order valence-electron chi connectivity index (χ1n) is 12.7. The second-order valence-electron chi connectivity index (χ2n) is 9.59. The number of hydrogen-bond acceptors (Lipinski definition) is 6. The van der Waals surface area contributed by atoms with Crippen molar-refractivity contribution in [3.8, 4) is 0 Å². The van der Waals surface area contributed by atoms with Gasteiger partial charge in [0.2, 0.25) is 10.0 Å². The summed E-state index contributed by atoms with van der Waals surface area (Å²) in [5.41, 5.74) is 2.45. The van der Waals surface area contributed by atoms with Gasteiger partial charge in [-0.3, -0.25) is 9.69 Å². The molecule has 4 rings (SSSR count). The maximum atomic E-state index is 13.3. The summed E-state index contributed by atoms with van der Waals surface area (Å²) in [4.78, 5) is 16.8. The van der Waals surface area contributed by atoms with Gasteiger partial charge in [0.15, 0.2) is 9.84 Å². The molecule has 10 heteroatoms. The summed E-state index contributed by atoms with van der Waals surface area (Å²) in [6.45, 7) is 3.17. The van der Waals surface area contributed by atoms with Crippen LogP contribution < -0.4 is 4.90 Å². The van der Waals surface area contributed by atoms with Crippen LogP contribution in [0.15, 0.2) is 94.7 Å². The monoisotopic (exact) mass is 567 g/mol. The molecule has 1 fully saturated rings. The van der Waals surface area contributed by atoms with Gasteiger partial charge in [0.1, 0.15) is 0 Å². The molecule has 3 aromatic rings. The van der Waals surface area contributed by atoms with Gasteiger partial charge in [-0.25, -0.2) is 16.8 Å². The number of hydrogen-bond donors (Lipinski definition) is 0. The molecule has 0 aliphatic carbocycles. The predicted octanol–water partition coefficient (Wildman–Crippen LogP) is 3.66. The molecule has 1 heterocycles. The third kappa shape index (κ3) is 7.42. The van der Waals surface area contributed by atoms with Crippen LogP contribution in [0.4, 0.5) is 5.69 Å². The highest BCUT2D eigenvalue weighted by Gasteiger charge is 2.27. The van der Waals surface area contributed by atoms with E-state index in [1.165, 1.54) is 40.8 Å². The molecule has 39 heavy (non-hydrogen) atoms. The SMILES string of the molecule is CN(C(=O)/C=C/c1ccc(S(C)(=O)=O)cc1)c1ccc(S(=O)(=O)N2CCCN(Cc3ccccc3)CC2)cc1. The van der Waals surface area contributed by atoms with Gasteiger partial charge < -0.3 is 4.90 Å². The number of nitrogens with zero attached hydrogens (tertiary/aromatic N) is 3. The standard InChI is InChI=1S/C29H33N3O5S2/c1-30(29(33)18-11-24-9-14-27(15-10-24)38(2,34)35)26-12-16-28(17-13-26)39(36,37)32-20-6-19-31(21-22-32)23-25-7-4-3-5-8-25/h3-5,7-18H,6,19-23H2,1-2H3/b18-11+. The minimum atomic E-state index is -3.66. The van der Waals surface area contributed by atoms with E-state index < -0.39 is 19.9 Å². The van der Waals surface area contributed by atoms with Crippen LogP contribution in [-0.2, 0) is 31.2 Å². The fourth-order valence-corrected chi connectivity index (χ4v) is 6.51. The number of carbonyl (C=O) groups excluding carboxylic acids is 1. The van der Waals surface area contributed by atoms with Crippen LogP contribution in [0.3, 0.4) is 0 Å². The summed E-state index contributed by atoms with van der Waals surface area (Å²) < 4.78 is 51.4. The predicted molar refractivity (Wildman–Crippen MR) is 154 cm³/mol. The summed E-state index contributed by atoms with van der Waals surface area (Å²) in [6, 6.07) is 22.7. The van der Waals surface area contributed by atoms with Gasteiger partial charge in [-0.15, -0.1) is 0 Å². The van der Waals surface area contributed by atoms with Crippen molar-refractivity contribution in [3.63, 3.8) is 0 Å². The Balaban J connectivity index is 1.37. The molecule has 3 aromatic carbocycles. The molecule has 1 aliphatic heterocycles. The molecule has 0 bridgehead atoms. The highest BCUT2D eigenvalue weighted by Crippen LogP contribution is 2.22. The highest BCUT2D eigenvalue weighted by atomic mass is 32.2. The minimum absolute atomic E-state index is 0.199. The summed E-state index contributed by atoms with van der Waals surface area (Å²) in [6.07, 6.45) is 4.88. The van der Waals surface area contributed by atoms with E-state index in [-0.39, 0.29) is 15.7 Å². The van der Waals surface area contributed by atoms with Crippen molar-refractivity contribution >= 4 is 37.5 Å². The summed E-state index contributed by atoms with van der Waals surface area (Å²) in [5, 5.41) is 0. The Bertz CT molecular complexity index is 1520. The quantitative estimate of drug-likeness (QED) is 0.386. The first kappa shape index (κ1) is 28.7. The molecule has 0 unspecified atom stereocenters. The Labute approximate surface area is 231 Å². The van der Waals surface area contributed by atoms with Crippen molar-refractivity contribution < 1.29 is 21.6 Å². The van der Waals surface area contributed by atoms with Crippen LogP contribution in [0.25, 0.3) is 6.08 Å². The third-order valence-corrected chi connectivity index (χ3v) is 9.76. The van der Waals surface area contributed by atoms with Gasteiger partial charge in [-0.1, -0.05) is 42.5 Å². The zero-order valence-electron chi connectivity index (χ0n) is 22.1. The van der Waals surface area contributed by atoms with E-state index in [4.69, 9.17) is 0 Å². The van der Waals surface area contributed by atoms with Gasteiger partial charge in [0, 0.05) is 51.2 Å². The lowest BCUT2D eigenvalue weighted by molar-refractivity contribution is -0.113. The lowest BCUT2D eigenvalue weighted by Crippen LogP contribution is -2.35. The van der Waals surface area contributed by atoms with Crippen LogP contribution in [0.2, 0.25) is 0 Å². The van der Waals surface area contributed by atoms with Gasteiger partial charge >= 0.3 is 0 Å². The molecule has 206 valence electrons. The Morgan fingerprint density at radius 2 is 1.46 bits per heavy atom. The fraction of sp³-hybridized carbons (Fsp3) is 0.276. The molecule has 0 aromatic heterocycles. The topological polar surface area (TPSA) is 95.1 Å². The van der Waals surface area contributed by atoms with Crippen molar-refractivity contribution in [1.29, 1.82) is 0 Å². The lowest BCUT2D eigenvalue weighted by Gasteiger charge is -2.22. The second kappa shape index (κ2) is 12.3. The molecule has 8 nitrogen and oxygen atoms in total. The molecule has 0 atom stereocenters. The van der Waals surface area contributed by atoms with Crippen molar-refractivity contribution in [3.05, 3.63) is 96.1 Å². The maximum absolute atomic E-state index is 13.3. The first-order chi connectivity index (χ1) is 18.5. The van der Waals surface area contributed by atoms with E-state index >= 15 is 0 Å². The van der Waals surface area contributed by atoms with Gasteiger partial charge in [0.25, 0.3) is 5.91 Å². The van der Waals surface area contributed by atoms with Crippen molar-refractivity contribution in [2.24, 2.45) is 0 Å². The number of benzene rings is 3. The van der Waals surface area contributed by atoms with Crippen molar-refractivity contribution in [2.75, 3.05) is 44.4 Å². The number of rotatable bonds is 8. The number of likely N-dealkylation sites (N-methyl/N-ethyl adjacent to an activating group) is 1. The van der Waals surface area contributed by atoms with E-state index in [0.29, 0.717) is 30.9 Å². The maximum Gasteiger partial charge on any atom is 0.250 e. The molecule has 1 aliphatic rings. The van der Waals surface area contributed by atoms with Crippen LogP contribution >= 0.6 is 0 Å². The molecule has 0 N–H and O–H groups in total. The van der Waals surface area contributed by atoms with E-state index in [1.54, 1.807) is 41.7 Å². The molecule has 0 saturated carbocycles. The zero-order valence-corrected chi connectivity index (χ0v) is 23.7. The Morgan fingerprint density at radius 3 is 2.10 bits per heavy atom. The lowest BCUT2D eigenvalue weighted by atomic mass is 10.2. The Hall–Kier alpha value is -3.31. The second-order valence-corrected chi connectivity index (χ2v) is 13.5. The molecular formula is C29H33N3O5S2. The molecule has 0 radical (unpaired) electrons. The Morgan fingerprint density at radius 1 is 0.821 bits per heavy atom. The van der Waals surface area contributed by atoms with E-state index in [0.717, 1.165) is 25.8 Å². The van der Waals surface area contributed by atoms with Gasteiger partial charge in [0.05, 0.1) is 9.79 Å². The van der Waals surface area contributed by atoms with Gasteiger partial charge in [-0.2, -0.15) is 4.31 Å². The van der Waals surface area contributed by atoms with Crippen LogP contribution in [0.1, 0.15) is 17.5 Å². The molecule has 1 saturated heterocycles. The first-order valence-corrected chi connectivity index (χ1v) is 16.0. The van der Waals surface area contributed by atoms with E-state index in [1.807, 2.05) is 18.2 Å². The van der Waals surface area contributed by atoms with Gasteiger partial charge in [-0.05, 0) is 66.6 Å². The molecule has 1 amide bonds. The normalized spacial score (nSPS) is 15.7. The highest BCUT2D eigenvalue weighted by molar-refractivity contribution is 7.90. The summed E-state index contributed by atoms with van der Waals surface area (Å²) >= 11 is 0. The van der Waals surface area contributed by atoms with Crippen LogP contribution in [0.5, 0.6) is 0 Å². The summed E-state index contributed by atoms with van der Waals surface area (Å²) in [5.74, 6) is -0.302.